The van der Waals surface area contributed by atoms with E-state index in [1.807, 2.05) is 33.3 Å². The fourth-order valence-electron chi connectivity index (χ4n) is 1.17. The van der Waals surface area contributed by atoms with Gasteiger partial charge in [-0.25, -0.2) is 0 Å². The van der Waals surface area contributed by atoms with Crippen LogP contribution in [0.1, 0.15) is 19.4 Å². The highest BCUT2D eigenvalue weighted by Crippen LogP contribution is 2.19. The van der Waals surface area contributed by atoms with E-state index in [2.05, 4.69) is 5.10 Å². The number of aliphatic hydroxyl groups is 1. The molecule has 0 fully saturated rings. The molecule has 12 heavy (non-hydrogen) atoms. The summed E-state index contributed by atoms with van der Waals surface area (Å²) in [7, 11) is 1.90. The predicted octanol–water partition coefficient (Wildman–Crippen LogP) is 0.981. The average Bonchev–Trinajstić information content (AvgIpc) is 2.35. The molecule has 68 valence electrons. The van der Waals surface area contributed by atoms with Crippen LogP contribution in [0.3, 0.4) is 0 Å². The summed E-state index contributed by atoms with van der Waals surface area (Å²) in [4.78, 5) is 0. The second kappa shape index (κ2) is 3.27. The van der Waals surface area contributed by atoms with Gasteiger partial charge in [0.05, 0.1) is 6.20 Å². The van der Waals surface area contributed by atoms with Gasteiger partial charge in [0.1, 0.15) is 0 Å². The fourth-order valence-corrected chi connectivity index (χ4v) is 1.17. The number of aromatic nitrogens is 2. The van der Waals surface area contributed by atoms with Crippen molar-refractivity contribution in [3.05, 3.63) is 18.0 Å². The summed E-state index contributed by atoms with van der Waals surface area (Å²) in [6, 6.07) is 0. The van der Waals surface area contributed by atoms with Crippen LogP contribution in [0.5, 0.6) is 0 Å². The van der Waals surface area contributed by atoms with Crippen LogP contribution >= 0.6 is 0 Å². The summed E-state index contributed by atoms with van der Waals surface area (Å²) in [5, 5.41) is 13.1. The molecule has 1 aromatic heterocycles. The third kappa shape index (κ3) is 2.34. The van der Waals surface area contributed by atoms with Crippen LogP contribution < -0.4 is 0 Å². The second-order valence-corrected chi connectivity index (χ2v) is 4.02. The van der Waals surface area contributed by atoms with Crippen molar-refractivity contribution >= 4 is 0 Å². The predicted molar refractivity (Wildman–Crippen MR) is 47.8 cm³/mol. The summed E-state index contributed by atoms with van der Waals surface area (Å²) in [5.41, 5.74) is 1.14. The van der Waals surface area contributed by atoms with Gasteiger partial charge in [-0.2, -0.15) is 5.10 Å². The molecule has 0 aliphatic heterocycles. The number of aryl methyl sites for hydroxylation is 1. The molecule has 3 nitrogen and oxygen atoms in total. The van der Waals surface area contributed by atoms with Crippen molar-refractivity contribution in [1.82, 2.24) is 9.78 Å². The molecular weight excluding hydrogens is 152 g/mol. The van der Waals surface area contributed by atoms with Crippen molar-refractivity contribution in [2.75, 3.05) is 6.61 Å². The molecule has 0 atom stereocenters. The molecule has 0 aliphatic rings. The number of rotatable bonds is 3. The molecule has 0 radical (unpaired) electrons. The highest BCUT2D eigenvalue weighted by molar-refractivity contribution is 5.06. The van der Waals surface area contributed by atoms with E-state index in [0.717, 1.165) is 6.42 Å². The third-order valence-corrected chi connectivity index (χ3v) is 1.87. The van der Waals surface area contributed by atoms with E-state index >= 15 is 0 Å². The van der Waals surface area contributed by atoms with E-state index in [9.17, 15) is 0 Å². The summed E-state index contributed by atoms with van der Waals surface area (Å²) < 4.78 is 1.78. The minimum atomic E-state index is -0.0387. The van der Waals surface area contributed by atoms with E-state index in [4.69, 9.17) is 5.11 Å². The Morgan fingerprint density at radius 2 is 2.25 bits per heavy atom. The Labute approximate surface area is 73.0 Å². The molecule has 1 rings (SSSR count). The van der Waals surface area contributed by atoms with Crippen molar-refractivity contribution in [2.24, 2.45) is 12.5 Å². The topological polar surface area (TPSA) is 38.0 Å². The smallest absolute Gasteiger partial charge is 0.0521 e. The first-order valence-electron chi connectivity index (χ1n) is 4.12. The van der Waals surface area contributed by atoms with Gasteiger partial charge in [-0.15, -0.1) is 0 Å². The zero-order chi connectivity index (χ0) is 9.19. The minimum Gasteiger partial charge on any atom is -0.396 e. The maximum Gasteiger partial charge on any atom is 0.0521 e. The molecule has 0 saturated heterocycles. The molecule has 0 bridgehead atoms. The lowest BCUT2D eigenvalue weighted by Gasteiger charge is -2.19. The van der Waals surface area contributed by atoms with Crippen molar-refractivity contribution in [3.8, 4) is 0 Å². The van der Waals surface area contributed by atoms with Crippen molar-refractivity contribution in [3.63, 3.8) is 0 Å². The van der Waals surface area contributed by atoms with E-state index in [0.29, 0.717) is 0 Å². The lowest BCUT2D eigenvalue weighted by atomic mass is 9.88. The summed E-state index contributed by atoms with van der Waals surface area (Å²) in [6.07, 6.45) is 4.70. The Morgan fingerprint density at radius 3 is 2.67 bits per heavy atom. The second-order valence-electron chi connectivity index (χ2n) is 4.02. The van der Waals surface area contributed by atoms with Crippen LogP contribution in [0.15, 0.2) is 12.4 Å². The maximum absolute atomic E-state index is 9.03. The normalized spacial score (nSPS) is 12.0. The molecule has 0 amide bonds. The van der Waals surface area contributed by atoms with Crippen LogP contribution in [-0.4, -0.2) is 21.5 Å². The minimum absolute atomic E-state index is 0.0387. The van der Waals surface area contributed by atoms with Crippen LogP contribution in [0.2, 0.25) is 0 Å². The van der Waals surface area contributed by atoms with Gasteiger partial charge in [-0.3, -0.25) is 4.68 Å². The van der Waals surface area contributed by atoms with Gasteiger partial charge in [-0.1, -0.05) is 13.8 Å². The Bertz CT molecular complexity index is 253. The molecule has 0 aromatic carbocycles. The average molecular weight is 168 g/mol. The van der Waals surface area contributed by atoms with E-state index in [1.165, 1.54) is 5.56 Å². The molecule has 0 aliphatic carbocycles. The Kier molecular flexibility index (Phi) is 2.52. The standard InChI is InChI=1S/C9H16N2O/c1-9(2,7-12)4-8-5-10-11(3)6-8/h5-6,12H,4,7H2,1-3H3. The van der Waals surface area contributed by atoms with Crippen LogP contribution in [0.25, 0.3) is 0 Å². The summed E-state index contributed by atoms with van der Waals surface area (Å²) in [5.74, 6) is 0. The molecule has 1 heterocycles. The SMILES string of the molecule is Cn1cc(CC(C)(C)CO)cn1. The lowest BCUT2D eigenvalue weighted by molar-refractivity contribution is 0.159. The van der Waals surface area contributed by atoms with Gasteiger partial charge in [-0.05, 0) is 17.4 Å². The third-order valence-electron chi connectivity index (χ3n) is 1.87. The van der Waals surface area contributed by atoms with Gasteiger partial charge in [0.15, 0.2) is 0 Å². The lowest BCUT2D eigenvalue weighted by Crippen LogP contribution is -2.19. The van der Waals surface area contributed by atoms with E-state index in [1.54, 1.807) is 4.68 Å². The zero-order valence-corrected chi connectivity index (χ0v) is 7.91. The van der Waals surface area contributed by atoms with Crippen LogP contribution in [0, 0.1) is 5.41 Å². The quantitative estimate of drug-likeness (QED) is 0.730. The van der Waals surface area contributed by atoms with Gasteiger partial charge in [0.2, 0.25) is 0 Å². The van der Waals surface area contributed by atoms with E-state index < -0.39 is 0 Å². The highest BCUT2D eigenvalue weighted by atomic mass is 16.3. The van der Waals surface area contributed by atoms with Crippen molar-refractivity contribution < 1.29 is 5.11 Å². The molecule has 3 heteroatoms. The monoisotopic (exact) mass is 168 g/mol. The highest BCUT2D eigenvalue weighted by Gasteiger charge is 2.17. The number of hydrogen-bond acceptors (Lipinski definition) is 2. The first-order chi connectivity index (χ1) is 5.53. The molecule has 1 aromatic rings. The Hall–Kier alpha value is -0.830. The summed E-state index contributed by atoms with van der Waals surface area (Å²) in [6.45, 7) is 4.29. The van der Waals surface area contributed by atoms with Gasteiger partial charge < -0.3 is 5.11 Å². The molecule has 0 spiro atoms. The van der Waals surface area contributed by atoms with Crippen molar-refractivity contribution in [2.45, 2.75) is 20.3 Å². The van der Waals surface area contributed by atoms with E-state index in [-0.39, 0.29) is 12.0 Å². The largest absolute Gasteiger partial charge is 0.396 e. The number of aliphatic hydroxyl groups excluding tert-OH is 1. The van der Waals surface area contributed by atoms with Gasteiger partial charge in [0, 0.05) is 19.9 Å². The van der Waals surface area contributed by atoms with Gasteiger partial charge >= 0.3 is 0 Å². The number of hydrogen-bond donors (Lipinski definition) is 1. The van der Waals surface area contributed by atoms with Crippen LogP contribution in [0.4, 0.5) is 0 Å². The molecule has 0 saturated carbocycles. The first-order valence-corrected chi connectivity index (χ1v) is 4.12. The summed E-state index contributed by atoms with van der Waals surface area (Å²) >= 11 is 0. The zero-order valence-electron chi connectivity index (χ0n) is 7.91. The maximum atomic E-state index is 9.03. The first kappa shape index (κ1) is 9.26. The molecule has 1 N–H and O–H groups in total. The van der Waals surface area contributed by atoms with Crippen molar-refractivity contribution in [1.29, 1.82) is 0 Å². The van der Waals surface area contributed by atoms with Crippen LogP contribution in [-0.2, 0) is 13.5 Å². The Morgan fingerprint density at radius 1 is 1.58 bits per heavy atom. The number of nitrogens with zero attached hydrogens (tertiary/aromatic N) is 2. The fraction of sp³-hybridized carbons (Fsp3) is 0.667. The molecule has 0 unspecified atom stereocenters. The van der Waals surface area contributed by atoms with Gasteiger partial charge in [0.25, 0.3) is 0 Å². The molecular formula is C9H16N2O. The Balaban J connectivity index is 2.63.